The van der Waals surface area contributed by atoms with Crippen LogP contribution in [-0.4, -0.2) is 36.9 Å². The van der Waals surface area contributed by atoms with Crippen molar-refractivity contribution in [3.05, 3.63) is 23.8 Å². The molecule has 0 spiro atoms. The Morgan fingerprint density at radius 2 is 1.95 bits per heavy atom. The van der Waals surface area contributed by atoms with E-state index in [-0.39, 0.29) is 0 Å². The second-order valence-electron chi connectivity index (χ2n) is 4.25. The highest BCUT2D eigenvalue weighted by molar-refractivity contribution is 7.99. The van der Waals surface area contributed by atoms with Crippen molar-refractivity contribution < 1.29 is 4.74 Å². The van der Waals surface area contributed by atoms with Gasteiger partial charge in [-0.15, -0.1) is 11.8 Å². The molecule has 1 aromatic carbocycles. The van der Waals surface area contributed by atoms with E-state index in [9.17, 15) is 0 Å². The van der Waals surface area contributed by atoms with Crippen LogP contribution >= 0.6 is 11.8 Å². The van der Waals surface area contributed by atoms with Crippen molar-refractivity contribution in [1.82, 2.24) is 4.90 Å². The number of nitrogens with two attached hydrogens (primary N) is 1. The van der Waals surface area contributed by atoms with Crippen molar-refractivity contribution in [2.24, 2.45) is 5.73 Å². The topological polar surface area (TPSA) is 38.5 Å². The molecular formula is C15H26N2OS. The van der Waals surface area contributed by atoms with Crippen molar-refractivity contribution in [3.63, 3.8) is 0 Å². The fourth-order valence-electron chi connectivity index (χ4n) is 2.00. The van der Waals surface area contributed by atoms with Crippen LogP contribution in [-0.2, 0) is 6.54 Å². The van der Waals surface area contributed by atoms with Gasteiger partial charge in [-0.1, -0.05) is 26.8 Å². The van der Waals surface area contributed by atoms with E-state index in [4.69, 9.17) is 10.5 Å². The summed E-state index contributed by atoms with van der Waals surface area (Å²) in [7, 11) is 0. The summed E-state index contributed by atoms with van der Waals surface area (Å²) >= 11 is 1.82. The lowest BCUT2D eigenvalue weighted by atomic mass is 10.2. The van der Waals surface area contributed by atoms with Gasteiger partial charge < -0.3 is 15.4 Å². The van der Waals surface area contributed by atoms with Gasteiger partial charge in [-0.3, -0.25) is 0 Å². The molecule has 0 aliphatic rings. The molecule has 0 fully saturated rings. The smallest absolute Gasteiger partial charge is 0.124 e. The van der Waals surface area contributed by atoms with Crippen LogP contribution in [0.1, 0.15) is 26.3 Å². The van der Waals surface area contributed by atoms with Gasteiger partial charge in [0, 0.05) is 23.5 Å². The van der Waals surface area contributed by atoms with Gasteiger partial charge >= 0.3 is 0 Å². The molecule has 0 aliphatic heterocycles. The van der Waals surface area contributed by atoms with Gasteiger partial charge in [-0.25, -0.2) is 0 Å². The van der Waals surface area contributed by atoms with Crippen LogP contribution in [0.2, 0.25) is 0 Å². The van der Waals surface area contributed by atoms with E-state index < -0.39 is 0 Å². The average molecular weight is 282 g/mol. The molecule has 108 valence electrons. The van der Waals surface area contributed by atoms with Crippen LogP contribution in [0.3, 0.4) is 0 Å². The Labute approximate surface area is 121 Å². The number of ether oxygens (including phenoxy) is 1. The van der Waals surface area contributed by atoms with E-state index in [0.717, 1.165) is 43.3 Å². The summed E-state index contributed by atoms with van der Waals surface area (Å²) in [6, 6.07) is 6.18. The summed E-state index contributed by atoms with van der Waals surface area (Å²) in [5.74, 6) is 1.99. The normalized spacial score (nSPS) is 11.0. The molecule has 2 N–H and O–H groups in total. The molecular weight excluding hydrogens is 256 g/mol. The Balaban J connectivity index is 2.64. The molecule has 0 saturated heterocycles. The van der Waals surface area contributed by atoms with Gasteiger partial charge in [0.15, 0.2) is 0 Å². The molecule has 0 radical (unpaired) electrons. The minimum absolute atomic E-state index is 0.532. The fraction of sp³-hybridized carbons (Fsp3) is 0.600. The molecule has 0 bridgehead atoms. The summed E-state index contributed by atoms with van der Waals surface area (Å²) in [6.07, 6.45) is 0. The Morgan fingerprint density at radius 3 is 2.53 bits per heavy atom. The minimum Gasteiger partial charge on any atom is -0.492 e. The van der Waals surface area contributed by atoms with E-state index in [1.807, 2.05) is 23.9 Å². The Kier molecular flexibility index (Phi) is 7.94. The summed E-state index contributed by atoms with van der Waals surface area (Å²) in [5.41, 5.74) is 7.00. The maximum atomic E-state index is 5.91. The predicted octanol–water partition coefficient (Wildman–Crippen LogP) is 2.98. The number of rotatable bonds is 9. The molecule has 0 amide bonds. The molecule has 0 atom stereocenters. The maximum Gasteiger partial charge on any atom is 0.124 e. The van der Waals surface area contributed by atoms with Crippen molar-refractivity contribution in [3.8, 4) is 5.75 Å². The standard InChI is InChI=1S/C15H26N2OS/c1-4-17(5-2)10-11-18-14-8-7-9-15(19-6-3)13(14)12-16/h7-9H,4-6,10-12,16H2,1-3H3. The number of benzene rings is 1. The first-order valence-electron chi connectivity index (χ1n) is 7.06. The number of hydrogen-bond donors (Lipinski definition) is 1. The molecule has 0 saturated carbocycles. The van der Waals surface area contributed by atoms with Gasteiger partial charge in [-0.05, 0) is 31.0 Å². The van der Waals surface area contributed by atoms with Crippen LogP contribution in [0.15, 0.2) is 23.1 Å². The van der Waals surface area contributed by atoms with Crippen LogP contribution in [0.25, 0.3) is 0 Å². The van der Waals surface area contributed by atoms with Crippen LogP contribution in [0.5, 0.6) is 5.75 Å². The molecule has 1 aromatic rings. The van der Waals surface area contributed by atoms with Crippen molar-refractivity contribution in [1.29, 1.82) is 0 Å². The third-order valence-electron chi connectivity index (χ3n) is 3.15. The van der Waals surface area contributed by atoms with E-state index in [1.54, 1.807) is 0 Å². The number of nitrogens with zero attached hydrogens (tertiary/aromatic N) is 1. The van der Waals surface area contributed by atoms with E-state index in [2.05, 4.69) is 31.7 Å². The van der Waals surface area contributed by atoms with Crippen LogP contribution in [0.4, 0.5) is 0 Å². The Hall–Kier alpha value is -0.710. The molecule has 1 rings (SSSR count). The second-order valence-corrected chi connectivity index (χ2v) is 5.55. The van der Waals surface area contributed by atoms with Gasteiger partial charge in [-0.2, -0.15) is 0 Å². The first-order valence-corrected chi connectivity index (χ1v) is 8.05. The van der Waals surface area contributed by atoms with Crippen LogP contribution < -0.4 is 10.5 Å². The third kappa shape index (κ3) is 5.05. The average Bonchev–Trinajstić information content (AvgIpc) is 2.44. The quantitative estimate of drug-likeness (QED) is 0.707. The highest BCUT2D eigenvalue weighted by atomic mass is 32.2. The molecule has 19 heavy (non-hydrogen) atoms. The number of likely N-dealkylation sites (N-methyl/N-ethyl adjacent to an activating group) is 1. The Morgan fingerprint density at radius 1 is 1.21 bits per heavy atom. The van der Waals surface area contributed by atoms with Crippen molar-refractivity contribution >= 4 is 11.8 Å². The fourth-order valence-corrected chi connectivity index (χ4v) is 2.84. The van der Waals surface area contributed by atoms with Crippen LogP contribution in [0, 0.1) is 0 Å². The summed E-state index contributed by atoms with van der Waals surface area (Å²) in [6.45, 7) is 10.8. The van der Waals surface area contributed by atoms with Gasteiger partial charge in [0.2, 0.25) is 0 Å². The zero-order chi connectivity index (χ0) is 14.1. The second kappa shape index (κ2) is 9.23. The largest absolute Gasteiger partial charge is 0.492 e. The first-order chi connectivity index (χ1) is 9.26. The van der Waals surface area contributed by atoms with E-state index in [1.165, 1.54) is 4.90 Å². The SMILES string of the molecule is CCSc1cccc(OCCN(CC)CC)c1CN. The highest BCUT2D eigenvalue weighted by Crippen LogP contribution is 2.29. The minimum atomic E-state index is 0.532. The van der Waals surface area contributed by atoms with Gasteiger partial charge in [0.1, 0.15) is 12.4 Å². The zero-order valence-electron chi connectivity index (χ0n) is 12.3. The zero-order valence-corrected chi connectivity index (χ0v) is 13.1. The molecule has 4 heteroatoms. The lowest BCUT2D eigenvalue weighted by molar-refractivity contribution is 0.221. The molecule has 0 unspecified atom stereocenters. The number of thioether (sulfide) groups is 1. The van der Waals surface area contributed by atoms with Crippen molar-refractivity contribution in [2.75, 3.05) is 32.0 Å². The lowest BCUT2D eigenvalue weighted by Gasteiger charge is -2.19. The highest BCUT2D eigenvalue weighted by Gasteiger charge is 2.08. The predicted molar refractivity (Wildman–Crippen MR) is 84.0 cm³/mol. The molecule has 0 heterocycles. The summed E-state index contributed by atoms with van der Waals surface area (Å²) in [4.78, 5) is 3.59. The van der Waals surface area contributed by atoms with E-state index >= 15 is 0 Å². The van der Waals surface area contributed by atoms with Gasteiger partial charge in [0.05, 0.1) is 0 Å². The van der Waals surface area contributed by atoms with E-state index in [0.29, 0.717) is 6.54 Å². The number of hydrogen-bond acceptors (Lipinski definition) is 4. The summed E-state index contributed by atoms with van der Waals surface area (Å²) in [5, 5.41) is 0. The Bertz CT molecular complexity index is 367. The molecule has 0 aliphatic carbocycles. The first kappa shape index (κ1) is 16.3. The molecule has 0 aromatic heterocycles. The monoisotopic (exact) mass is 282 g/mol. The summed E-state index contributed by atoms with van der Waals surface area (Å²) < 4.78 is 5.91. The molecule has 3 nitrogen and oxygen atoms in total. The lowest BCUT2D eigenvalue weighted by Crippen LogP contribution is -2.28. The maximum absolute atomic E-state index is 5.91. The van der Waals surface area contributed by atoms with Gasteiger partial charge in [0.25, 0.3) is 0 Å². The van der Waals surface area contributed by atoms with Crippen molar-refractivity contribution in [2.45, 2.75) is 32.2 Å². The third-order valence-corrected chi connectivity index (χ3v) is 4.14.